The van der Waals surface area contributed by atoms with E-state index in [9.17, 15) is 0 Å². The Labute approximate surface area is 95.9 Å². The normalized spacial score (nSPS) is 29.7. The lowest BCUT2D eigenvalue weighted by Crippen LogP contribution is -2.45. The highest BCUT2D eigenvalue weighted by Gasteiger charge is 2.49. The lowest BCUT2D eigenvalue weighted by Gasteiger charge is -2.36. The molecule has 0 bridgehead atoms. The Bertz CT molecular complexity index is 361. The minimum absolute atomic E-state index is 0.184. The maximum absolute atomic E-state index is 6.59. The predicted octanol–water partition coefficient (Wildman–Crippen LogP) is 3.12. The van der Waals surface area contributed by atoms with Crippen LogP contribution in [0.1, 0.15) is 48.7 Å². The highest BCUT2D eigenvalue weighted by atomic mass is 32.1. The van der Waals surface area contributed by atoms with Crippen LogP contribution in [0, 0.1) is 19.3 Å². The van der Waals surface area contributed by atoms with E-state index in [0.29, 0.717) is 0 Å². The standard InChI is InChI=1S/C12H20N2S/c1-8-9(2)15-10(14-8)12(13)7-5-6-11(12,3)4/h5-7,13H2,1-4H3. The highest BCUT2D eigenvalue weighted by molar-refractivity contribution is 7.11. The van der Waals surface area contributed by atoms with E-state index in [1.165, 1.54) is 17.7 Å². The van der Waals surface area contributed by atoms with Gasteiger partial charge in [0.1, 0.15) is 5.01 Å². The van der Waals surface area contributed by atoms with E-state index in [2.05, 4.69) is 32.7 Å². The van der Waals surface area contributed by atoms with Gasteiger partial charge in [0.25, 0.3) is 0 Å². The Kier molecular flexibility index (Phi) is 2.43. The molecule has 1 heterocycles. The van der Waals surface area contributed by atoms with Crippen LogP contribution in [0.25, 0.3) is 0 Å². The highest BCUT2D eigenvalue weighted by Crippen LogP contribution is 2.51. The third-order valence-corrected chi connectivity index (χ3v) is 5.24. The van der Waals surface area contributed by atoms with E-state index in [0.717, 1.165) is 17.1 Å². The Hall–Kier alpha value is -0.410. The minimum atomic E-state index is -0.198. The zero-order valence-electron chi connectivity index (χ0n) is 10.1. The van der Waals surface area contributed by atoms with Crippen molar-refractivity contribution < 1.29 is 0 Å². The molecule has 2 rings (SSSR count). The van der Waals surface area contributed by atoms with Gasteiger partial charge in [-0.2, -0.15) is 0 Å². The third kappa shape index (κ3) is 1.53. The first kappa shape index (κ1) is 11.1. The molecule has 0 amide bonds. The maximum Gasteiger partial charge on any atom is 0.114 e. The van der Waals surface area contributed by atoms with Gasteiger partial charge in [0.15, 0.2) is 0 Å². The maximum atomic E-state index is 6.59. The summed E-state index contributed by atoms with van der Waals surface area (Å²) in [5.41, 5.74) is 7.72. The molecule has 1 fully saturated rings. The molecule has 1 saturated carbocycles. The second-order valence-electron chi connectivity index (χ2n) is 5.37. The Morgan fingerprint density at radius 1 is 1.27 bits per heavy atom. The van der Waals surface area contributed by atoms with Crippen LogP contribution in [-0.4, -0.2) is 4.98 Å². The molecule has 0 aliphatic heterocycles. The zero-order valence-corrected chi connectivity index (χ0v) is 10.9. The Morgan fingerprint density at radius 3 is 2.33 bits per heavy atom. The monoisotopic (exact) mass is 224 g/mol. The van der Waals surface area contributed by atoms with Crippen molar-refractivity contribution in [1.82, 2.24) is 4.98 Å². The van der Waals surface area contributed by atoms with Crippen LogP contribution in [0.5, 0.6) is 0 Å². The van der Waals surface area contributed by atoms with Crippen LogP contribution < -0.4 is 5.73 Å². The topological polar surface area (TPSA) is 38.9 Å². The van der Waals surface area contributed by atoms with Crippen molar-refractivity contribution in [3.63, 3.8) is 0 Å². The number of rotatable bonds is 1. The summed E-state index contributed by atoms with van der Waals surface area (Å²) >= 11 is 1.78. The molecular weight excluding hydrogens is 204 g/mol. The molecule has 84 valence electrons. The molecule has 0 saturated heterocycles. The van der Waals surface area contributed by atoms with Crippen LogP contribution in [0.3, 0.4) is 0 Å². The van der Waals surface area contributed by atoms with E-state index < -0.39 is 0 Å². The largest absolute Gasteiger partial charge is 0.319 e. The first-order valence-corrected chi connectivity index (χ1v) is 6.42. The summed E-state index contributed by atoms with van der Waals surface area (Å²) in [5, 5.41) is 1.14. The number of hydrogen-bond donors (Lipinski definition) is 1. The minimum Gasteiger partial charge on any atom is -0.319 e. The Morgan fingerprint density at radius 2 is 1.93 bits per heavy atom. The second-order valence-corrected chi connectivity index (χ2v) is 6.57. The van der Waals surface area contributed by atoms with Gasteiger partial charge in [0, 0.05) is 4.88 Å². The number of aryl methyl sites for hydroxylation is 2. The second kappa shape index (κ2) is 3.29. The summed E-state index contributed by atoms with van der Waals surface area (Å²) in [5.74, 6) is 0. The summed E-state index contributed by atoms with van der Waals surface area (Å²) in [7, 11) is 0. The van der Waals surface area contributed by atoms with Gasteiger partial charge in [-0.15, -0.1) is 11.3 Å². The van der Waals surface area contributed by atoms with Crippen molar-refractivity contribution in [2.75, 3.05) is 0 Å². The van der Waals surface area contributed by atoms with Gasteiger partial charge in [-0.05, 0) is 32.1 Å². The Balaban J connectivity index is 2.45. The third-order valence-electron chi connectivity index (χ3n) is 3.99. The summed E-state index contributed by atoms with van der Waals surface area (Å²) in [6.45, 7) is 8.74. The van der Waals surface area contributed by atoms with Crippen molar-refractivity contribution in [1.29, 1.82) is 0 Å². The fraction of sp³-hybridized carbons (Fsp3) is 0.750. The number of thiazole rings is 1. The molecule has 1 aromatic heterocycles. The SMILES string of the molecule is Cc1nc(C2(N)CCCC2(C)C)sc1C. The van der Waals surface area contributed by atoms with E-state index in [1.807, 2.05) is 0 Å². The zero-order chi connectivity index (χ0) is 11.3. The van der Waals surface area contributed by atoms with Crippen molar-refractivity contribution in [2.45, 2.75) is 52.5 Å². The van der Waals surface area contributed by atoms with E-state index >= 15 is 0 Å². The van der Waals surface area contributed by atoms with Gasteiger partial charge in [-0.25, -0.2) is 4.98 Å². The smallest absolute Gasteiger partial charge is 0.114 e. The quantitative estimate of drug-likeness (QED) is 0.796. The van der Waals surface area contributed by atoms with Gasteiger partial charge in [-0.3, -0.25) is 0 Å². The lowest BCUT2D eigenvalue weighted by molar-refractivity contribution is 0.209. The molecule has 2 nitrogen and oxygen atoms in total. The summed E-state index contributed by atoms with van der Waals surface area (Å²) < 4.78 is 0. The first-order valence-electron chi connectivity index (χ1n) is 5.60. The molecule has 1 unspecified atom stereocenters. The van der Waals surface area contributed by atoms with Gasteiger partial charge < -0.3 is 5.73 Å². The van der Waals surface area contributed by atoms with Crippen molar-refractivity contribution in [2.24, 2.45) is 11.1 Å². The van der Waals surface area contributed by atoms with Crippen LogP contribution in [0.15, 0.2) is 0 Å². The number of nitrogens with zero attached hydrogens (tertiary/aromatic N) is 1. The lowest BCUT2D eigenvalue weighted by atomic mass is 9.76. The molecule has 15 heavy (non-hydrogen) atoms. The average Bonchev–Trinajstić information content (AvgIpc) is 2.58. The van der Waals surface area contributed by atoms with Crippen LogP contribution in [0.2, 0.25) is 0 Å². The number of hydrogen-bond acceptors (Lipinski definition) is 3. The van der Waals surface area contributed by atoms with Crippen LogP contribution in [-0.2, 0) is 5.54 Å². The average molecular weight is 224 g/mol. The molecule has 1 aromatic rings. The van der Waals surface area contributed by atoms with Crippen molar-refractivity contribution in [3.05, 3.63) is 15.6 Å². The molecule has 0 spiro atoms. The molecular formula is C12H20N2S. The van der Waals surface area contributed by atoms with Crippen LogP contribution in [0.4, 0.5) is 0 Å². The van der Waals surface area contributed by atoms with E-state index in [4.69, 9.17) is 5.73 Å². The van der Waals surface area contributed by atoms with Gasteiger partial charge >= 0.3 is 0 Å². The molecule has 3 heteroatoms. The van der Waals surface area contributed by atoms with Crippen molar-refractivity contribution >= 4 is 11.3 Å². The molecule has 0 aromatic carbocycles. The van der Waals surface area contributed by atoms with Gasteiger partial charge in [0.05, 0.1) is 11.2 Å². The van der Waals surface area contributed by atoms with E-state index in [1.54, 1.807) is 11.3 Å². The molecule has 1 aliphatic carbocycles. The van der Waals surface area contributed by atoms with Gasteiger partial charge in [0.2, 0.25) is 0 Å². The molecule has 2 N–H and O–H groups in total. The number of aromatic nitrogens is 1. The molecule has 1 aliphatic rings. The van der Waals surface area contributed by atoms with Crippen LogP contribution >= 0.6 is 11.3 Å². The molecule has 1 atom stereocenters. The van der Waals surface area contributed by atoms with E-state index in [-0.39, 0.29) is 11.0 Å². The predicted molar refractivity (Wildman–Crippen MR) is 65.1 cm³/mol. The van der Waals surface area contributed by atoms with Crippen molar-refractivity contribution in [3.8, 4) is 0 Å². The summed E-state index contributed by atoms with van der Waals surface area (Å²) in [6.07, 6.45) is 3.51. The number of nitrogens with two attached hydrogens (primary N) is 1. The fourth-order valence-corrected chi connectivity index (χ4v) is 3.66. The summed E-state index contributed by atoms with van der Waals surface area (Å²) in [4.78, 5) is 5.96. The fourth-order valence-electron chi connectivity index (χ4n) is 2.43. The first-order chi connectivity index (χ1) is 6.87. The van der Waals surface area contributed by atoms with Gasteiger partial charge in [-0.1, -0.05) is 20.3 Å². The summed E-state index contributed by atoms with van der Waals surface area (Å²) in [6, 6.07) is 0. The molecule has 0 radical (unpaired) electrons.